The highest BCUT2D eigenvalue weighted by atomic mass is 127. The van der Waals surface area contributed by atoms with Crippen LogP contribution in [0.15, 0.2) is 40.8 Å². The molecule has 2 aromatic carbocycles. The highest BCUT2D eigenvalue weighted by molar-refractivity contribution is 14.1. The molecule has 0 aliphatic heterocycles. The number of carbonyl (C=O) groups excluding carboxylic acids is 2. The zero-order valence-corrected chi connectivity index (χ0v) is 17.5. The Morgan fingerprint density at radius 3 is 2.70 bits per heavy atom. The number of thiocarbonyl (C=S) groups is 1. The monoisotopic (exact) mass is 514 g/mol. The zero-order valence-electron chi connectivity index (χ0n) is 13.8. The summed E-state index contributed by atoms with van der Waals surface area (Å²) in [5, 5.41) is 8.24. The van der Waals surface area contributed by atoms with Crippen molar-refractivity contribution >= 4 is 86.1 Å². The van der Waals surface area contributed by atoms with E-state index in [1.54, 1.807) is 36.4 Å². The van der Waals surface area contributed by atoms with Gasteiger partial charge in [0.25, 0.3) is 5.91 Å². The van der Waals surface area contributed by atoms with Gasteiger partial charge in [-0.05, 0) is 65.1 Å². The summed E-state index contributed by atoms with van der Waals surface area (Å²) in [6.45, 7) is 1.42. The van der Waals surface area contributed by atoms with Crippen LogP contribution in [0.1, 0.15) is 17.3 Å². The highest BCUT2D eigenvalue weighted by Crippen LogP contribution is 2.23. The molecule has 0 saturated carbocycles. The normalized spacial score (nSPS) is 10.5. The molecule has 0 unspecified atom stereocenters. The molecule has 0 spiro atoms. The van der Waals surface area contributed by atoms with Crippen LogP contribution in [0.4, 0.5) is 11.7 Å². The van der Waals surface area contributed by atoms with Crippen LogP contribution >= 0.6 is 46.4 Å². The first-order chi connectivity index (χ1) is 12.8. The molecule has 0 saturated heterocycles. The zero-order chi connectivity index (χ0) is 19.6. The van der Waals surface area contributed by atoms with Gasteiger partial charge >= 0.3 is 6.01 Å². The maximum absolute atomic E-state index is 12.3. The molecule has 3 rings (SSSR count). The Labute approximate surface area is 178 Å². The molecule has 0 radical (unpaired) electrons. The Hall–Kier alpha value is -2.24. The number of carbonyl (C=O) groups is 2. The first-order valence-electron chi connectivity index (χ1n) is 7.57. The predicted octanol–water partition coefficient (Wildman–Crippen LogP) is 4.17. The third-order valence-electron chi connectivity index (χ3n) is 3.33. The van der Waals surface area contributed by atoms with Crippen LogP contribution in [-0.4, -0.2) is 21.9 Å². The minimum atomic E-state index is -0.444. The van der Waals surface area contributed by atoms with E-state index in [1.165, 1.54) is 6.92 Å². The van der Waals surface area contributed by atoms with Gasteiger partial charge < -0.3 is 9.73 Å². The molecule has 3 N–H and O–H groups in total. The SMILES string of the molecule is CC(=O)Nc1ccc2nc(NC(=S)NC(=O)c3cc(I)ccc3Cl)oc2c1. The van der Waals surface area contributed by atoms with Gasteiger partial charge in [-0.2, -0.15) is 4.98 Å². The number of rotatable bonds is 3. The maximum Gasteiger partial charge on any atom is 0.302 e. The number of halogens is 2. The molecule has 1 heterocycles. The van der Waals surface area contributed by atoms with Gasteiger partial charge in [0.1, 0.15) is 5.52 Å². The van der Waals surface area contributed by atoms with E-state index < -0.39 is 5.91 Å². The number of hydrogen-bond acceptors (Lipinski definition) is 5. The van der Waals surface area contributed by atoms with E-state index in [1.807, 2.05) is 0 Å². The van der Waals surface area contributed by atoms with Crippen LogP contribution in [0.25, 0.3) is 11.1 Å². The van der Waals surface area contributed by atoms with Crippen LogP contribution in [-0.2, 0) is 4.79 Å². The van der Waals surface area contributed by atoms with Crippen LogP contribution in [0.3, 0.4) is 0 Å². The van der Waals surface area contributed by atoms with E-state index in [-0.39, 0.29) is 17.0 Å². The molecule has 0 aliphatic carbocycles. The highest BCUT2D eigenvalue weighted by Gasteiger charge is 2.14. The maximum atomic E-state index is 12.3. The van der Waals surface area contributed by atoms with E-state index in [0.717, 1.165) is 3.57 Å². The third-order valence-corrected chi connectivity index (χ3v) is 4.53. The molecule has 1 aromatic heterocycles. The molecular weight excluding hydrogens is 503 g/mol. The van der Waals surface area contributed by atoms with E-state index >= 15 is 0 Å². The van der Waals surface area contributed by atoms with Crippen LogP contribution < -0.4 is 16.0 Å². The van der Waals surface area contributed by atoms with E-state index in [2.05, 4.69) is 43.5 Å². The van der Waals surface area contributed by atoms with Crippen molar-refractivity contribution in [3.8, 4) is 0 Å². The lowest BCUT2D eigenvalue weighted by Gasteiger charge is -2.08. The van der Waals surface area contributed by atoms with Crippen molar-refractivity contribution in [1.82, 2.24) is 10.3 Å². The minimum absolute atomic E-state index is 0.0172. The summed E-state index contributed by atoms with van der Waals surface area (Å²) in [7, 11) is 0. The summed E-state index contributed by atoms with van der Waals surface area (Å²) in [5.41, 5.74) is 1.92. The molecule has 7 nitrogen and oxygen atoms in total. The average Bonchev–Trinajstić information content (AvgIpc) is 2.97. The summed E-state index contributed by atoms with van der Waals surface area (Å²) in [6, 6.07) is 10.2. The lowest BCUT2D eigenvalue weighted by atomic mass is 10.2. The molecule has 3 aromatic rings. The second kappa shape index (κ2) is 8.19. The fraction of sp³-hybridized carbons (Fsp3) is 0.0588. The molecule has 10 heteroatoms. The average molecular weight is 515 g/mol. The number of benzene rings is 2. The van der Waals surface area contributed by atoms with Gasteiger partial charge in [0.2, 0.25) is 5.91 Å². The number of anilines is 2. The summed E-state index contributed by atoms with van der Waals surface area (Å²) < 4.78 is 6.42. The molecule has 27 heavy (non-hydrogen) atoms. The number of oxazole rings is 1. The molecule has 0 bridgehead atoms. The van der Waals surface area contributed by atoms with Crippen molar-refractivity contribution < 1.29 is 14.0 Å². The van der Waals surface area contributed by atoms with Crippen LogP contribution in [0.5, 0.6) is 0 Å². The summed E-state index contributed by atoms with van der Waals surface area (Å²) >= 11 is 13.3. The second-order valence-electron chi connectivity index (χ2n) is 5.42. The van der Waals surface area contributed by atoms with Gasteiger partial charge in [-0.1, -0.05) is 11.6 Å². The Balaban J connectivity index is 1.71. The molecular formula is C17H12ClIN4O3S. The Bertz CT molecular complexity index is 1070. The number of amides is 2. The second-order valence-corrected chi connectivity index (χ2v) is 7.48. The first-order valence-corrected chi connectivity index (χ1v) is 9.44. The van der Waals surface area contributed by atoms with Crippen LogP contribution in [0, 0.1) is 3.57 Å². The Morgan fingerprint density at radius 2 is 1.96 bits per heavy atom. The Morgan fingerprint density at radius 1 is 1.19 bits per heavy atom. The molecule has 138 valence electrons. The number of fused-ring (bicyclic) bond motifs is 1. The number of nitrogens with zero attached hydrogens (tertiary/aromatic N) is 1. The predicted molar refractivity (Wildman–Crippen MR) is 116 cm³/mol. The van der Waals surface area contributed by atoms with Crippen molar-refractivity contribution in [1.29, 1.82) is 0 Å². The van der Waals surface area contributed by atoms with Crippen molar-refractivity contribution in [2.24, 2.45) is 0 Å². The van der Waals surface area contributed by atoms with Gasteiger partial charge in [0.05, 0.1) is 10.6 Å². The fourth-order valence-electron chi connectivity index (χ4n) is 2.23. The number of nitrogens with one attached hydrogen (secondary N) is 3. The van der Waals surface area contributed by atoms with Gasteiger partial charge in [-0.25, -0.2) is 0 Å². The quantitative estimate of drug-likeness (QED) is 0.359. The minimum Gasteiger partial charge on any atom is -0.423 e. The van der Waals surface area contributed by atoms with E-state index in [9.17, 15) is 9.59 Å². The van der Waals surface area contributed by atoms with Gasteiger partial charge in [-0.3, -0.25) is 20.2 Å². The smallest absolute Gasteiger partial charge is 0.302 e. The van der Waals surface area contributed by atoms with Gasteiger partial charge in [-0.15, -0.1) is 0 Å². The molecule has 0 aliphatic rings. The van der Waals surface area contributed by atoms with Crippen molar-refractivity contribution in [3.63, 3.8) is 0 Å². The van der Waals surface area contributed by atoms with Gasteiger partial charge in [0, 0.05) is 22.2 Å². The largest absolute Gasteiger partial charge is 0.423 e. The number of aromatic nitrogens is 1. The van der Waals surface area contributed by atoms with Gasteiger partial charge in [0.15, 0.2) is 10.7 Å². The number of hydrogen-bond donors (Lipinski definition) is 3. The Kier molecular flexibility index (Phi) is 5.92. The molecule has 0 atom stereocenters. The van der Waals surface area contributed by atoms with E-state index in [0.29, 0.717) is 27.4 Å². The lowest BCUT2D eigenvalue weighted by Crippen LogP contribution is -2.34. The first kappa shape index (κ1) is 19.5. The van der Waals surface area contributed by atoms with Crippen molar-refractivity contribution in [2.75, 3.05) is 10.6 Å². The summed E-state index contributed by atoms with van der Waals surface area (Å²) in [6.07, 6.45) is 0. The summed E-state index contributed by atoms with van der Waals surface area (Å²) in [4.78, 5) is 27.7. The topological polar surface area (TPSA) is 96.3 Å². The van der Waals surface area contributed by atoms with Crippen LogP contribution in [0.2, 0.25) is 5.02 Å². The van der Waals surface area contributed by atoms with E-state index in [4.69, 9.17) is 28.2 Å². The third kappa shape index (κ3) is 4.93. The lowest BCUT2D eigenvalue weighted by molar-refractivity contribution is -0.114. The standard InChI is InChI=1S/C17H12ClIN4O3S/c1-8(24)20-10-3-5-13-14(7-10)26-16(21-13)23-17(27)22-15(25)11-6-9(19)2-4-12(11)18/h2-7H,1H3,(H,20,24)(H2,21,22,23,25,27). The van der Waals surface area contributed by atoms with Crippen molar-refractivity contribution in [2.45, 2.75) is 6.92 Å². The summed E-state index contributed by atoms with van der Waals surface area (Å²) in [5.74, 6) is -0.634. The fourth-order valence-corrected chi connectivity index (χ4v) is 3.10. The molecule has 0 fully saturated rings. The van der Waals surface area contributed by atoms with Crippen molar-refractivity contribution in [3.05, 3.63) is 50.6 Å². The molecule has 2 amide bonds.